The lowest BCUT2D eigenvalue weighted by molar-refractivity contribution is -0.123. The van der Waals surface area contributed by atoms with E-state index in [-0.39, 0.29) is 17.7 Å². The lowest BCUT2D eigenvalue weighted by Crippen LogP contribution is -2.46. The first-order valence-electron chi connectivity index (χ1n) is 6.34. The van der Waals surface area contributed by atoms with Crippen molar-refractivity contribution in [3.63, 3.8) is 0 Å². The van der Waals surface area contributed by atoms with Gasteiger partial charge in [0.25, 0.3) is 0 Å². The highest BCUT2D eigenvalue weighted by molar-refractivity contribution is 5.82. The van der Waals surface area contributed by atoms with Gasteiger partial charge in [-0.15, -0.1) is 12.3 Å². The van der Waals surface area contributed by atoms with E-state index >= 15 is 0 Å². The van der Waals surface area contributed by atoms with Crippen molar-refractivity contribution in [3.05, 3.63) is 29.8 Å². The van der Waals surface area contributed by atoms with Crippen LogP contribution in [0.1, 0.15) is 25.3 Å². The smallest absolute Gasteiger partial charge is 0.237 e. The molecule has 1 aromatic rings. The number of benzene rings is 1. The largest absolute Gasteiger partial charge is 0.508 e. The number of carbonyl (C=O) groups is 1. The molecule has 4 heteroatoms. The Labute approximate surface area is 114 Å². The number of rotatable bonds is 6. The van der Waals surface area contributed by atoms with Crippen LogP contribution in [-0.2, 0) is 11.2 Å². The van der Waals surface area contributed by atoms with Crippen molar-refractivity contribution in [2.75, 3.05) is 0 Å². The van der Waals surface area contributed by atoms with Gasteiger partial charge in [-0.2, -0.15) is 0 Å². The van der Waals surface area contributed by atoms with Crippen LogP contribution in [0.3, 0.4) is 0 Å². The normalized spacial score (nSPS) is 13.3. The fourth-order valence-electron chi connectivity index (χ4n) is 1.73. The lowest BCUT2D eigenvalue weighted by atomic mass is 10.0. The Morgan fingerprint density at radius 3 is 2.63 bits per heavy atom. The SMILES string of the molecule is C#CCC(CC)NC(=O)[C@@H](N)Cc1ccc(O)cc1. The summed E-state index contributed by atoms with van der Waals surface area (Å²) in [4.78, 5) is 11.9. The highest BCUT2D eigenvalue weighted by atomic mass is 16.3. The number of carbonyl (C=O) groups excluding carboxylic acids is 1. The molecule has 0 aliphatic rings. The van der Waals surface area contributed by atoms with Gasteiger partial charge in [0.05, 0.1) is 6.04 Å². The fraction of sp³-hybridized carbons (Fsp3) is 0.400. The number of nitrogens with one attached hydrogen (secondary N) is 1. The Hall–Kier alpha value is -1.99. The number of amides is 1. The molecule has 0 aromatic heterocycles. The average Bonchev–Trinajstić information content (AvgIpc) is 2.40. The van der Waals surface area contributed by atoms with Crippen LogP contribution in [0.5, 0.6) is 5.75 Å². The molecule has 1 aromatic carbocycles. The molecule has 2 atom stereocenters. The number of terminal acetylenes is 1. The zero-order chi connectivity index (χ0) is 14.3. The van der Waals surface area contributed by atoms with Crippen molar-refractivity contribution in [1.82, 2.24) is 5.32 Å². The molecule has 0 radical (unpaired) electrons. The van der Waals surface area contributed by atoms with E-state index in [1.165, 1.54) is 0 Å². The molecule has 0 fully saturated rings. The third-order valence-corrected chi connectivity index (χ3v) is 2.93. The predicted octanol–water partition coefficient (Wildman–Crippen LogP) is 1.18. The third kappa shape index (κ3) is 5.02. The molecular weight excluding hydrogens is 240 g/mol. The van der Waals surface area contributed by atoms with Gasteiger partial charge in [0.1, 0.15) is 5.75 Å². The van der Waals surface area contributed by atoms with Crippen molar-refractivity contribution >= 4 is 5.91 Å². The van der Waals surface area contributed by atoms with Gasteiger partial charge in [0.2, 0.25) is 5.91 Å². The van der Waals surface area contributed by atoms with Gasteiger partial charge in [0.15, 0.2) is 0 Å². The van der Waals surface area contributed by atoms with E-state index in [1.54, 1.807) is 24.3 Å². The van der Waals surface area contributed by atoms with Crippen molar-refractivity contribution in [2.24, 2.45) is 5.73 Å². The Morgan fingerprint density at radius 2 is 2.11 bits per heavy atom. The number of phenolic OH excluding ortho intramolecular Hbond substituents is 1. The summed E-state index contributed by atoms with van der Waals surface area (Å²) in [5.74, 6) is 2.53. The molecular formula is C15H20N2O2. The van der Waals surface area contributed by atoms with Crippen LogP contribution < -0.4 is 11.1 Å². The first kappa shape index (κ1) is 15.1. The summed E-state index contributed by atoms with van der Waals surface area (Å²) < 4.78 is 0. The second-order valence-electron chi connectivity index (χ2n) is 4.50. The van der Waals surface area contributed by atoms with E-state index < -0.39 is 6.04 Å². The molecule has 0 saturated heterocycles. The minimum atomic E-state index is -0.614. The zero-order valence-electron chi connectivity index (χ0n) is 11.1. The molecule has 0 bridgehead atoms. The molecule has 0 heterocycles. The highest BCUT2D eigenvalue weighted by Crippen LogP contribution is 2.11. The maximum atomic E-state index is 11.9. The van der Waals surface area contributed by atoms with Gasteiger partial charge in [-0.05, 0) is 30.5 Å². The summed E-state index contributed by atoms with van der Waals surface area (Å²) in [5, 5.41) is 12.0. The van der Waals surface area contributed by atoms with E-state index in [0.29, 0.717) is 12.8 Å². The lowest BCUT2D eigenvalue weighted by Gasteiger charge is -2.18. The number of phenols is 1. The van der Waals surface area contributed by atoms with Crippen LogP contribution in [0.25, 0.3) is 0 Å². The Balaban J connectivity index is 2.53. The molecule has 4 nitrogen and oxygen atoms in total. The van der Waals surface area contributed by atoms with E-state index in [1.807, 2.05) is 6.92 Å². The summed E-state index contributed by atoms with van der Waals surface area (Å²) in [7, 11) is 0. The van der Waals surface area contributed by atoms with Gasteiger partial charge in [-0.1, -0.05) is 19.1 Å². The monoisotopic (exact) mass is 260 g/mol. The second-order valence-corrected chi connectivity index (χ2v) is 4.50. The topological polar surface area (TPSA) is 75.4 Å². The summed E-state index contributed by atoms with van der Waals surface area (Å²) in [5.41, 5.74) is 6.77. The molecule has 0 saturated carbocycles. The van der Waals surface area contributed by atoms with Gasteiger partial charge < -0.3 is 16.2 Å². The van der Waals surface area contributed by atoms with Gasteiger partial charge in [0, 0.05) is 12.5 Å². The van der Waals surface area contributed by atoms with Crippen LogP contribution in [0.4, 0.5) is 0 Å². The third-order valence-electron chi connectivity index (χ3n) is 2.93. The van der Waals surface area contributed by atoms with E-state index in [0.717, 1.165) is 12.0 Å². The van der Waals surface area contributed by atoms with Gasteiger partial charge in [-0.25, -0.2) is 0 Å². The number of aromatic hydroxyl groups is 1. The van der Waals surface area contributed by atoms with Crippen LogP contribution in [0.15, 0.2) is 24.3 Å². The molecule has 1 unspecified atom stereocenters. The second kappa shape index (κ2) is 7.45. The van der Waals surface area contributed by atoms with Crippen molar-refractivity contribution in [1.29, 1.82) is 0 Å². The average molecular weight is 260 g/mol. The van der Waals surface area contributed by atoms with Crippen molar-refractivity contribution < 1.29 is 9.90 Å². The number of nitrogens with two attached hydrogens (primary N) is 1. The summed E-state index contributed by atoms with van der Waals surface area (Å²) >= 11 is 0. The maximum Gasteiger partial charge on any atom is 0.237 e. The molecule has 102 valence electrons. The molecule has 4 N–H and O–H groups in total. The van der Waals surface area contributed by atoms with Crippen molar-refractivity contribution in [2.45, 2.75) is 38.3 Å². The summed E-state index contributed by atoms with van der Waals surface area (Å²) in [6, 6.07) is 6.02. The van der Waals surface area contributed by atoms with E-state index in [4.69, 9.17) is 12.2 Å². The van der Waals surface area contributed by atoms with E-state index in [2.05, 4.69) is 11.2 Å². The molecule has 0 spiro atoms. The minimum Gasteiger partial charge on any atom is -0.508 e. The standard InChI is InChI=1S/C15H20N2O2/c1-3-5-12(4-2)17-15(19)14(16)10-11-6-8-13(18)9-7-11/h1,6-9,12,14,18H,4-5,10,16H2,2H3,(H,17,19)/t12?,14-/m0/s1. The molecule has 0 aliphatic carbocycles. The molecule has 1 amide bonds. The first-order valence-corrected chi connectivity index (χ1v) is 6.34. The van der Waals surface area contributed by atoms with Crippen LogP contribution >= 0.6 is 0 Å². The quantitative estimate of drug-likeness (QED) is 0.672. The number of hydrogen-bond donors (Lipinski definition) is 3. The van der Waals surface area contributed by atoms with Crippen LogP contribution in [0, 0.1) is 12.3 Å². The number of hydrogen-bond acceptors (Lipinski definition) is 3. The maximum absolute atomic E-state index is 11.9. The Bertz CT molecular complexity index is 448. The van der Waals surface area contributed by atoms with E-state index in [9.17, 15) is 9.90 Å². The summed E-state index contributed by atoms with van der Waals surface area (Å²) in [6.45, 7) is 1.97. The highest BCUT2D eigenvalue weighted by Gasteiger charge is 2.17. The summed E-state index contributed by atoms with van der Waals surface area (Å²) in [6.07, 6.45) is 6.96. The molecule has 1 rings (SSSR count). The first-order chi connectivity index (χ1) is 9.06. The predicted molar refractivity (Wildman–Crippen MR) is 75.5 cm³/mol. The fourth-order valence-corrected chi connectivity index (χ4v) is 1.73. The Kier molecular flexibility index (Phi) is 5.91. The zero-order valence-corrected chi connectivity index (χ0v) is 11.1. The Morgan fingerprint density at radius 1 is 1.47 bits per heavy atom. The van der Waals surface area contributed by atoms with Crippen LogP contribution in [-0.4, -0.2) is 23.1 Å². The van der Waals surface area contributed by atoms with Gasteiger partial charge in [-0.3, -0.25) is 4.79 Å². The molecule has 0 aliphatic heterocycles. The van der Waals surface area contributed by atoms with Crippen LogP contribution in [0.2, 0.25) is 0 Å². The van der Waals surface area contributed by atoms with Gasteiger partial charge >= 0.3 is 0 Å². The minimum absolute atomic E-state index is 0.0247. The molecule has 19 heavy (non-hydrogen) atoms. The van der Waals surface area contributed by atoms with Crippen molar-refractivity contribution in [3.8, 4) is 18.1 Å².